The number of imide groups is 1. The number of nitrogens with zero attached hydrogens (tertiary/aromatic N) is 1. The molecule has 0 unspecified atom stereocenters. The fourth-order valence-corrected chi connectivity index (χ4v) is 2.16. The molecule has 0 aliphatic carbocycles. The number of piperidine rings is 1. The van der Waals surface area contributed by atoms with E-state index in [1.54, 1.807) is 0 Å². The van der Waals surface area contributed by atoms with Crippen molar-refractivity contribution >= 4 is 12.0 Å². The van der Waals surface area contributed by atoms with E-state index in [1.165, 1.54) is 4.90 Å². The average molecular weight is 212 g/mol. The second-order valence-corrected chi connectivity index (χ2v) is 4.07. The summed E-state index contributed by atoms with van der Waals surface area (Å²) < 4.78 is 5.26. The van der Waals surface area contributed by atoms with Crippen molar-refractivity contribution in [1.29, 1.82) is 0 Å². The number of nitrogens with one attached hydrogen (secondary N) is 1. The number of carbonyl (C=O) groups excluding carboxylic acids is 2. The van der Waals surface area contributed by atoms with Crippen molar-refractivity contribution in [3.63, 3.8) is 0 Å². The Kier molecular flexibility index (Phi) is 2.65. The quantitative estimate of drug-likeness (QED) is 0.724. The Hall–Kier alpha value is -1.10. The van der Waals surface area contributed by atoms with Crippen LogP contribution in [0.25, 0.3) is 0 Å². The van der Waals surface area contributed by atoms with Crippen LogP contribution in [0.4, 0.5) is 4.79 Å². The molecule has 2 heterocycles. The van der Waals surface area contributed by atoms with Crippen LogP contribution in [-0.4, -0.2) is 42.1 Å². The Morgan fingerprint density at radius 3 is 2.67 bits per heavy atom. The van der Waals surface area contributed by atoms with Gasteiger partial charge in [0, 0.05) is 19.4 Å². The fourth-order valence-electron chi connectivity index (χ4n) is 2.16. The lowest BCUT2D eigenvalue weighted by Gasteiger charge is -2.29. The minimum Gasteiger partial charge on any atom is -0.432 e. The van der Waals surface area contributed by atoms with E-state index in [4.69, 9.17) is 4.74 Å². The van der Waals surface area contributed by atoms with E-state index in [2.05, 4.69) is 5.32 Å². The number of hydrogen-bond acceptors (Lipinski definition) is 4. The summed E-state index contributed by atoms with van der Waals surface area (Å²) in [5.74, 6) is -0.143. The van der Waals surface area contributed by atoms with Gasteiger partial charge in [-0.05, 0) is 19.5 Å². The van der Waals surface area contributed by atoms with Crippen molar-refractivity contribution < 1.29 is 14.3 Å². The highest BCUT2D eigenvalue weighted by Gasteiger charge is 2.53. The summed E-state index contributed by atoms with van der Waals surface area (Å²) in [5, 5.41) is 3.16. The summed E-state index contributed by atoms with van der Waals surface area (Å²) >= 11 is 0. The van der Waals surface area contributed by atoms with E-state index in [1.807, 2.05) is 6.92 Å². The standard InChI is InChI=1S/C10H16N2O3/c1-2-7-12-8(13)10(15-9(12)14)3-5-11-6-4-10/h11H,2-7H2,1H3. The molecule has 0 aromatic rings. The van der Waals surface area contributed by atoms with Crippen LogP contribution >= 0.6 is 0 Å². The summed E-state index contributed by atoms with van der Waals surface area (Å²) in [5.41, 5.74) is -0.850. The van der Waals surface area contributed by atoms with Gasteiger partial charge in [0.25, 0.3) is 5.91 Å². The molecule has 2 aliphatic heterocycles. The minimum absolute atomic E-state index is 0.143. The topological polar surface area (TPSA) is 58.6 Å². The molecule has 0 atom stereocenters. The van der Waals surface area contributed by atoms with Gasteiger partial charge in [0.1, 0.15) is 0 Å². The third-order valence-corrected chi connectivity index (χ3v) is 3.00. The Morgan fingerprint density at radius 2 is 2.07 bits per heavy atom. The fraction of sp³-hybridized carbons (Fsp3) is 0.800. The molecule has 5 heteroatoms. The summed E-state index contributed by atoms with van der Waals surface area (Å²) in [7, 11) is 0. The number of amides is 2. The van der Waals surface area contributed by atoms with Gasteiger partial charge in [-0.25, -0.2) is 9.69 Å². The molecule has 15 heavy (non-hydrogen) atoms. The monoisotopic (exact) mass is 212 g/mol. The lowest BCUT2D eigenvalue weighted by molar-refractivity contribution is -0.138. The first-order valence-corrected chi connectivity index (χ1v) is 5.45. The zero-order valence-electron chi connectivity index (χ0n) is 8.91. The molecule has 5 nitrogen and oxygen atoms in total. The smallest absolute Gasteiger partial charge is 0.417 e. The van der Waals surface area contributed by atoms with Crippen molar-refractivity contribution in [3.8, 4) is 0 Å². The van der Waals surface area contributed by atoms with Crippen molar-refractivity contribution in [2.45, 2.75) is 31.8 Å². The summed E-state index contributed by atoms with van der Waals surface area (Å²) in [6.45, 7) is 3.87. The highest BCUT2D eigenvalue weighted by atomic mass is 16.6. The van der Waals surface area contributed by atoms with Gasteiger partial charge in [0.05, 0.1) is 0 Å². The van der Waals surface area contributed by atoms with Gasteiger partial charge in [-0.15, -0.1) is 0 Å². The van der Waals surface area contributed by atoms with Gasteiger partial charge in [0.15, 0.2) is 5.60 Å². The van der Waals surface area contributed by atoms with Gasteiger partial charge in [-0.3, -0.25) is 4.79 Å². The highest BCUT2D eigenvalue weighted by Crippen LogP contribution is 2.32. The van der Waals surface area contributed by atoms with E-state index >= 15 is 0 Å². The van der Waals surface area contributed by atoms with Gasteiger partial charge in [-0.1, -0.05) is 6.92 Å². The maximum Gasteiger partial charge on any atom is 0.417 e. The number of rotatable bonds is 2. The largest absolute Gasteiger partial charge is 0.432 e. The molecule has 2 saturated heterocycles. The Morgan fingerprint density at radius 1 is 1.40 bits per heavy atom. The van der Waals surface area contributed by atoms with Crippen LogP contribution in [0.5, 0.6) is 0 Å². The molecule has 1 N–H and O–H groups in total. The third kappa shape index (κ3) is 1.61. The van der Waals surface area contributed by atoms with Crippen LogP contribution in [0.3, 0.4) is 0 Å². The first kappa shape index (κ1) is 10.4. The van der Waals surface area contributed by atoms with E-state index in [9.17, 15) is 9.59 Å². The highest BCUT2D eigenvalue weighted by molar-refractivity contribution is 6.02. The van der Waals surface area contributed by atoms with Gasteiger partial charge in [-0.2, -0.15) is 0 Å². The molecule has 2 rings (SSSR count). The summed E-state index contributed by atoms with van der Waals surface area (Å²) in [4.78, 5) is 24.8. The molecule has 2 aliphatic rings. The Balaban J connectivity index is 2.15. The van der Waals surface area contributed by atoms with Gasteiger partial charge >= 0.3 is 6.09 Å². The zero-order chi connectivity index (χ0) is 10.9. The van der Waals surface area contributed by atoms with E-state index in [0.717, 1.165) is 19.5 Å². The van der Waals surface area contributed by atoms with Crippen molar-refractivity contribution in [2.24, 2.45) is 0 Å². The van der Waals surface area contributed by atoms with Gasteiger partial charge < -0.3 is 10.1 Å². The first-order valence-electron chi connectivity index (χ1n) is 5.45. The Bertz CT molecular complexity index is 284. The number of ether oxygens (including phenoxy) is 1. The number of hydrogen-bond donors (Lipinski definition) is 1. The SMILES string of the molecule is CCCN1C(=O)OC2(CCNCC2)C1=O. The van der Waals surface area contributed by atoms with E-state index in [0.29, 0.717) is 19.4 Å². The minimum atomic E-state index is -0.850. The summed E-state index contributed by atoms with van der Waals surface area (Å²) in [6.07, 6.45) is 1.49. The van der Waals surface area contributed by atoms with Crippen LogP contribution in [0.15, 0.2) is 0 Å². The molecular formula is C10H16N2O3. The van der Waals surface area contributed by atoms with E-state index in [-0.39, 0.29) is 5.91 Å². The molecule has 0 saturated carbocycles. The van der Waals surface area contributed by atoms with Crippen LogP contribution < -0.4 is 5.32 Å². The molecule has 0 bridgehead atoms. The molecule has 0 radical (unpaired) electrons. The molecular weight excluding hydrogens is 196 g/mol. The molecule has 0 aromatic heterocycles. The second-order valence-electron chi connectivity index (χ2n) is 4.07. The van der Waals surface area contributed by atoms with Crippen molar-refractivity contribution in [3.05, 3.63) is 0 Å². The normalized spacial score (nSPS) is 24.7. The summed E-state index contributed by atoms with van der Waals surface area (Å²) in [6, 6.07) is 0. The van der Waals surface area contributed by atoms with Crippen LogP contribution in [-0.2, 0) is 9.53 Å². The van der Waals surface area contributed by atoms with Crippen LogP contribution in [0.1, 0.15) is 26.2 Å². The zero-order valence-corrected chi connectivity index (χ0v) is 8.91. The maximum absolute atomic E-state index is 12.0. The van der Waals surface area contributed by atoms with Crippen LogP contribution in [0, 0.1) is 0 Å². The van der Waals surface area contributed by atoms with Crippen molar-refractivity contribution in [2.75, 3.05) is 19.6 Å². The molecule has 1 spiro atoms. The molecule has 84 valence electrons. The third-order valence-electron chi connectivity index (χ3n) is 3.00. The lowest BCUT2D eigenvalue weighted by atomic mass is 9.91. The lowest BCUT2D eigenvalue weighted by Crippen LogP contribution is -2.48. The molecule has 2 amide bonds. The Labute approximate surface area is 88.8 Å². The first-order chi connectivity index (χ1) is 7.19. The predicted octanol–water partition coefficient (Wildman–Crippen LogP) is 0.497. The van der Waals surface area contributed by atoms with E-state index < -0.39 is 11.7 Å². The predicted molar refractivity (Wildman–Crippen MR) is 53.3 cm³/mol. The van der Waals surface area contributed by atoms with Gasteiger partial charge in [0.2, 0.25) is 0 Å². The average Bonchev–Trinajstić information content (AvgIpc) is 2.45. The molecule has 2 fully saturated rings. The maximum atomic E-state index is 12.0. The van der Waals surface area contributed by atoms with Crippen molar-refractivity contribution in [1.82, 2.24) is 10.2 Å². The number of carbonyl (C=O) groups is 2. The molecule has 0 aromatic carbocycles. The van der Waals surface area contributed by atoms with Crippen LogP contribution in [0.2, 0.25) is 0 Å². The second kappa shape index (κ2) is 3.81.